The van der Waals surface area contributed by atoms with Crippen molar-refractivity contribution in [3.8, 4) is 0 Å². The topological polar surface area (TPSA) is 50.4 Å². The fourth-order valence-electron chi connectivity index (χ4n) is 5.96. The third-order valence-corrected chi connectivity index (χ3v) is 6.78. The molecule has 6 unspecified atom stereocenters. The maximum absolute atomic E-state index is 13.0. The molecule has 1 aromatic rings. The molecule has 0 spiro atoms. The van der Waals surface area contributed by atoms with E-state index in [2.05, 4.69) is 29.9 Å². The van der Waals surface area contributed by atoms with Crippen LogP contribution in [0.3, 0.4) is 0 Å². The van der Waals surface area contributed by atoms with Gasteiger partial charge in [0, 0.05) is 11.8 Å². The minimum Gasteiger partial charge on any atom is -0.441 e. The molecule has 2 aliphatic carbocycles. The molecule has 6 atom stereocenters. The number of hydrazine groups is 1. The van der Waals surface area contributed by atoms with Crippen LogP contribution in [0.5, 0.6) is 0 Å². The number of carbonyl (C=O) groups is 1. The van der Waals surface area contributed by atoms with Crippen LogP contribution in [0.25, 0.3) is 0 Å². The highest BCUT2D eigenvalue weighted by atomic mass is 16.6. The summed E-state index contributed by atoms with van der Waals surface area (Å²) in [5.74, 6) is 2.05. The highest BCUT2D eigenvalue weighted by Crippen LogP contribution is 2.65. The quantitative estimate of drug-likeness (QED) is 0.823. The van der Waals surface area contributed by atoms with E-state index in [1.807, 2.05) is 18.2 Å². The maximum Gasteiger partial charge on any atom is 0.334 e. The first-order valence-corrected chi connectivity index (χ1v) is 8.54. The van der Waals surface area contributed by atoms with Crippen LogP contribution in [0.2, 0.25) is 0 Å². The van der Waals surface area contributed by atoms with E-state index in [1.54, 1.807) is 0 Å². The summed E-state index contributed by atoms with van der Waals surface area (Å²) in [5, 5.41) is 0. The molecule has 0 radical (unpaired) electrons. The van der Waals surface area contributed by atoms with E-state index in [4.69, 9.17) is 4.74 Å². The number of carbonyl (C=O) groups excluding carboxylic acids is 1. The minimum atomic E-state index is -0.706. The van der Waals surface area contributed by atoms with E-state index in [-0.39, 0.29) is 5.97 Å². The minimum absolute atomic E-state index is 0.0897. The predicted octanol–water partition coefficient (Wildman–Crippen LogP) is 2.32. The monoisotopic (exact) mass is 298 g/mol. The number of hydrogen-bond acceptors (Lipinski definition) is 4. The third-order valence-electron chi connectivity index (χ3n) is 6.78. The van der Waals surface area contributed by atoms with Crippen molar-refractivity contribution in [2.75, 3.05) is 0 Å². The summed E-state index contributed by atoms with van der Waals surface area (Å²) in [7, 11) is 0. The molecule has 3 heterocycles. The second kappa shape index (κ2) is 4.12. The fourth-order valence-corrected chi connectivity index (χ4v) is 5.96. The van der Waals surface area contributed by atoms with Crippen molar-refractivity contribution in [2.24, 2.45) is 23.7 Å². The molecule has 4 heteroatoms. The Balaban J connectivity index is 1.71. The van der Waals surface area contributed by atoms with Gasteiger partial charge in [0.25, 0.3) is 0 Å². The zero-order chi connectivity index (χ0) is 14.9. The normalized spacial score (nSPS) is 48.3. The molecule has 3 saturated heterocycles. The average Bonchev–Trinajstić information content (AvgIpc) is 3.19. The summed E-state index contributed by atoms with van der Waals surface area (Å²) in [6.45, 7) is 2.12. The third kappa shape index (κ3) is 1.30. The highest BCUT2D eigenvalue weighted by Gasteiger charge is 2.73. The summed E-state index contributed by atoms with van der Waals surface area (Å²) in [6, 6.07) is 10.1. The van der Waals surface area contributed by atoms with Gasteiger partial charge in [-0.15, -0.1) is 0 Å². The van der Waals surface area contributed by atoms with Crippen LogP contribution in [0.4, 0.5) is 0 Å². The van der Waals surface area contributed by atoms with Gasteiger partial charge >= 0.3 is 5.97 Å². The van der Waals surface area contributed by atoms with Crippen LogP contribution in [-0.4, -0.2) is 11.7 Å². The molecule has 4 bridgehead atoms. The van der Waals surface area contributed by atoms with Crippen LogP contribution in [-0.2, 0) is 15.1 Å². The molecule has 6 rings (SSSR count). The van der Waals surface area contributed by atoms with Gasteiger partial charge in [0.15, 0.2) is 11.3 Å². The number of esters is 1. The van der Waals surface area contributed by atoms with Crippen molar-refractivity contribution in [1.29, 1.82) is 0 Å². The molecule has 0 aromatic heterocycles. The number of fused-ring (bicyclic) bond motifs is 4. The predicted molar refractivity (Wildman–Crippen MR) is 81.3 cm³/mol. The lowest BCUT2D eigenvalue weighted by atomic mass is 9.59. The van der Waals surface area contributed by atoms with Gasteiger partial charge in [-0.2, -0.15) is 0 Å². The summed E-state index contributed by atoms with van der Waals surface area (Å²) >= 11 is 0. The van der Waals surface area contributed by atoms with Crippen LogP contribution in [0, 0.1) is 23.7 Å². The molecule has 1 aromatic carbocycles. The Bertz CT molecular complexity index is 633. The van der Waals surface area contributed by atoms with Crippen molar-refractivity contribution in [3.05, 3.63) is 35.9 Å². The molecule has 0 amide bonds. The molecule has 3 aliphatic heterocycles. The van der Waals surface area contributed by atoms with E-state index < -0.39 is 11.3 Å². The number of rotatable bonds is 2. The molecule has 2 N–H and O–H groups in total. The number of ether oxygens (including phenoxy) is 1. The SMILES string of the molecule is CCC12NNC(c3ccccc3)(C(=O)O1)C1C3CCC(C3)C12. The van der Waals surface area contributed by atoms with Crippen LogP contribution in [0.1, 0.15) is 38.2 Å². The zero-order valence-electron chi connectivity index (χ0n) is 12.8. The number of hydrogen-bond donors (Lipinski definition) is 2. The molecular formula is C18H22N2O2. The molecule has 22 heavy (non-hydrogen) atoms. The van der Waals surface area contributed by atoms with E-state index in [0.717, 1.165) is 12.0 Å². The summed E-state index contributed by atoms with van der Waals surface area (Å²) < 4.78 is 6.03. The summed E-state index contributed by atoms with van der Waals surface area (Å²) in [5.41, 5.74) is 6.67. The molecule has 5 fully saturated rings. The average molecular weight is 298 g/mol. The number of nitrogens with one attached hydrogen (secondary N) is 2. The van der Waals surface area contributed by atoms with E-state index in [1.165, 1.54) is 19.3 Å². The molecule has 116 valence electrons. The lowest BCUT2D eigenvalue weighted by Gasteiger charge is -2.62. The van der Waals surface area contributed by atoms with Gasteiger partial charge in [-0.1, -0.05) is 37.3 Å². The largest absolute Gasteiger partial charge is 0.441 e. The van der Waals surface area contributed by atoms with Crippen molar-refractivity contribution < 1.29 is 9.53 Å². The van der Waals surface area contributed by atoms with Gasteiger partial charge in [-0.05, 0) is 43.1 Å². The molecule has 5 aliphatic rings. The first-order chi connectivity index (χ1) is 10.7. The van der Waals surface area contributed by atoms with Gasteiger partial charge in [0.05, 0.1) is 0 Å². The van der Waals surface area contributed by atoms with Crippen molar-refractivity contribution in [2.45, 2.75) is 43.9 Å². The van der Waals surface area contributed by atoms with Gasteiger partial charge in [0.1, 0.15) is 0 Å². The van der Waals surface area contributed by atoms with Crippen LogP contribution in [0.15, 0.2) is 30.3 Å². The van der Waals surface area contributed by atoms with Gasteiger partial charge in [-0.3, -0.25) is 0 Å². The van der Waals surface area contributed by atoms with Gasteiger partial charge in [-0.25, -0.2) is 15.6 Å². The van der Waals surface area contributed by atoms with Gasteiger partial charge in [0.2, 0.25) is 0 Å². The van der Waals surface area contributed by atoms with E-state index in [9.17, 15) is 4.79 Å². The first kappa shape index (κ1) is 13.1. The van der Waals surface area contributed by atoms with E-state index in [0.29, 0.717) is 23.7 Å². The summed E-state index contributed by atoms with van der Waals surface area (Å²) in [6.07, 6.45) is 4.62. The van der Waals surface area contributed by atoms with Crippen LogP contribution < -0.4 is 10.9 Å². The maximum atomic E-state index is 13.0. The Morgan fingerprint density at radius 1 is 1.14 bits per heavy atom. The number of benzene rings is 1. The fraction of sp³-hybridized carbons (Fsp3) is 0.611. The summed E-state index contributed by atoms with van der Waals surface area (Å²) in [4.78, 5) is 13.0. The molecule has 4 nitrogen and oxygen atoms in total. The molecule has 2 saturated carbocycles. The Kier molecular flexibility index (Phi) is 2.45. The van der Waals surface area contributed by atoms with Crippen molar-refractivity contribution in [1.82, 2.24) is 10.9 Å². The zero-order valence-corrected chi connectivity index (χ0v) is 12.8. The smallest absolute Gasteiger partial charge is 0.334 e. The second-order valence-electron chi connectivity index (χ2n) is 7.44. The van der Waals surface area contributed by atoms with E-state index >= 15 is 0 Å². The van der Waals surface area contributed by atoms with Crippen molar-refractivity contribution >= 4 is 5.97 Å². The Hall–Kier alpha value is -1.39. The highest BCUT2D eigenvalue weighted by molar-refractivity contribution is 5.85. The Morgan fingerprint density at radius 3 is 2.55 bits per heavy atom. The Labute approximate surface area is 130 Å². The lowest BCUT2D eigenvalue weighted by Crippen LogP contribution is -2.82. The van der Waals surface area contributed by atoms with Gasteiger partial charge < -0.3 is 4.74 Å². The Morgan fingerprint density at radius 2 is 1.86 bits per heavy atom. The van der Waals surface area contributed by atoms with Crippen molar-refractivity contribution in [3.63, 3.8) is 0 Å². The second-order valence-corrected chi connectivity index (χ2v) is 7.44. The lowest BCUT2D eigenvalue weighted by molar-refractivity contribution is -0.251. The van der Waals surface area contributed by atoms with Crippen LogP contribution >= 0.6 is 0 Å². The standard InChI is InChI=1S/C18H22N2O2/c1-2-17-14-11-8-9-12(10-11)15(14)18(20-19-17,16(21)22-17)13-6-4-3-5-7-13/h3-7,11-12,14-15,19-20H,2,8-10H2,1H3. The molecular weight excluding hydrogens is 276 g/mol. The first-order valence-electron chi connectivity index (χ1n) is 8.54.